The van der Waals surface area contributed by atoms with Crippen molar-refractivity contribution in [3.05, 3.63) is 34.7 Å². The summed E-state index contributed by atoms with van der Waals surface area (Å²) in [4.78, 5) is 0. The third-order valence-corrected chi connectivity index (χ3v) is 3.10. The van der Waals surface area contributed by atoms with E-state index in [2.05, 4.69) is 50.3 Å². The summed E-state index contributed by atoms with van der Waals surface area (Å²) in [5, 5.41) is 2.70. The highest BCUT2D eigenvalue weighted by Crippen LogP contribution is 2.29. The normalized spacial score (nSPS) is 18.9. The van der Waals surface area contributed by atoms with E-state index in [1.165, 1.54) is 10.4 Å². The molecule has 0 fully saturated rings. The molecule has 1 aromatic carbocycles. The van der Waals surface area contributed by atoms with Crippen LogP contribution in [0.15, 0.2) is 24.3 Å². The molecule has 0 aromatic heterocycles. The molecule has 80 valence electrons. The number of hydrogen-bond acceptors (Lipinski definition) is 1. The molecule has 0 spiro atoms. The van der Waals surface area contributed by atoms with Gasteiger partial charge in [0.2, 0.25) is 0 Å². The van der Waals surface area contributed by atoms with E-state index in [9.17, 15) is 0 Å². The Hall–Kier alpha value is -1.08. The van der Waals surface area contributed by atoms with Crippen LogP contribution in [-0.2, 0) is 4.74 Å². The van der Waals surface area contributed by atoms with E-state index in [0.29, 0.717) is 6.10 Å². The Balaban J connectivity index is 2.32. The molecule has 0 N–H and O–H groups in total. The maximum Gasteiger partial charge on any atom is 0.0554 e. The summed E-state index contributed by atoms with van der Waals surface area (Å²) >= 11 is 0. The summed E-state index contributed by atoms with van der Waals surface area (Å²) < 4.78 is 5.34. The monoisotopic (exact) mass is 202 g/mol. The Morgan fingerprint density at radius 2 is 1.73 bits per heavy atom. The van der Waals surface area contributed by atoms with Crippen molar-refractivity contribution in [2.24, 2.45) is 5.41 Å². The van der Waals surface area contributed by atoms with Crippen molar-refractivity contribution >= 4 is 12.2 Å². The predicted octanol–water partition coefficient (Wildman–Crippen LogP) is 1.69. The summed E-state index contributed by atoms with van der Waals surface area (Å²) in [6, 6.07) is 8.53. The van der Waals surface area contributed by atoms with Gasteiger partial charge in [0.15, 0.2) is 0 Å². The van der Waals surface area contributed by atoms with Gasteiger partial charge < -0.3 is 4.74 Å². The molecule has 15 heavy (non-hydrogen) atoms. The summed E-state index contributed by atoms with van der Waals surface area (Å²) in [5.41, 5.74) is 0.152. The van der Waals surface area contributed by atoms with Crippen molar-refractivity contribution in [2.45, 2.75) is 26.4 Å². The topological polar surface area (TPSA) is 9.23 Å². The van der Waals surface area contributed by atoms with Crippen LogP contribution >= 0.6 is 0 Å². The van der Waals surface area contributed by atoms with Gasteiger partial charge in [-0.2, -0.15) is 0 Å². The molecule has 0 saturated heterocycles. The third-order valence-electron chi connectivity index (χ3n) is 3.10. The largest absolute Gasteiger partial charge is 0.382 e. The van der Waals surface area contributed by atoms with Crippen LogP contribution < -0.4 is 10.4 Å². The lowest BCUT2D eigenvalue weighted by molar-refractivity contribution is 0.0972. The van der Waals surface area contributed by atoms with Gasteiger partial charge in [-0.1, -0.05) is 43.3 Å². The molecular weight excluding hydrogens is 184 g/mol. The minimum absolute atomic E-state index is 0.152. The molecule has 1 aromatic rings. The van der Waals surface area contributed by atoms with Crippen molar-refractivity contribution in [1.82, 2.24) is 0 Å². The highest BCUT2D eigenvalue weighted by atomic mass is 16.5. The SMILES string of the molecule is COC(C)CC1(C)C=c2ccccc2=C1. The van der Waals surface area contributed by atoms with Crippen LogP contribution in [0.3, 0.4) is 0 Å². The number of methoxy groups -OCH3 is 1. The van der Waals surface area contributed by atoms with Crippen molar-refractivity contribution in [3.63, 3.8) is 0 Å². The van der Waals surface area contributed by atoms with E-state index in [4.69, 9.17) is 4.74 Å². The molecule has 1 atom stereocenters. The zero-order chi connectivity index (χ0) is 10.9. The van der Waals surface area contributed by atoms with Gasteiger partial charge in [-0.15, -0.1) is 0 Å². The van der Waals surface area contributed by atoms with Crippen LogP contribution in [0.25, 0.3) is 12.2 Å². The fraction of sp³-hybridized carbons (Fsp3) is 0.429. The van der Waals surface area contributed by atoms with Gasteiger partial charge in [0, 0.05) is 12.5 Å². The van der Waals surface area contributed by atoms with Crippen molar-refractivity contribution < 1.29 is 4.74 Å². The van der Waals surface area contributed by atoms with Gasteiger partial charge in [-0.25, -0.2) is 0 Å². The predicted molar refractivity (Wildman–Crippen MR) is 63.8 cm³/mol. The number of hydrogen-bond donors (Lipinski definition) is 0. The summed E-state index contributed by atoms with van der Waals surface area (Å²) in [7, 11) is 1.77. The minimum Gasteiger partial charge on any atom is -0.382 e. The summed E-state index contributed by atoms with van der Waals surface area (Å²) in [5.74, 6) is 0. The van der Waals surface area contributed by atoms with E-state index < -0.39 is 0 Å². The Labute approximate surface area is 91.1 Å². The summed E-state index contributed by atoms with van der Waals surface area (Å²) in [6.45, 7) is 4.39. The second kappa shape index (κ2) is 3.82. The maximum absolute atomic E-state index is 5.34. The first kappa shape index (κ1) is 10.4. The number of fused-ring (bicyclic) bond motifs is 1. The van der Waals surface area contributed by atoms with E-state index in [1.54, 1.807) is 7.11 Å². The van der Waals surface area contributed by atoms with Gasteiger partial charge in [-0.3, -0.25) is 0 Å². The molecule has 0 amide bonds. The average Bonchev–Trinajstić information content (AvgIpc) is 2.53. The highest BCUT2D eigenvalue weighted by Gasteiger charge is 2.24. The van der Waals surface area contributed by atoms with Crippen LogP contribution in [0.1, 0.15) is 20.3 Å². The zero-order valence-electron chi connectivity index (χ0n) is 9.66. The molecule has 2 rings (SSSR count). The van der Waals surface area contributed by atoms with E-state index in [1.807, 2.05) is 0 Å². The third kappa shape index (κ3) is 2.13. The summed E-state index contributed by atoms with van der Waals surface area (Å²) in [6.07, 6.45) is 6.03. The van der Waals surface area contributed by atoms with Crippen molar-refractivity contribution in [3.8, 4) is 0 Å². The maximum atomic E-state index is 5.34. The molecule has 1 aliphatic carbocycles. The lowest BCUT2D eigenvalue weighted by Crippen LogP contribution is -2.19. The van der Waals surface area contributed by atoms with Gasteiger partial charge in [0.25, 0.3) is 0 Å². The fourth-order valence-corrected chi connectivity index (χ4v) is 2.35. The number of rotatable bonds is 3. The number of ether oxygens (including phenoxy) is 1. The van der Waals surface area contributed by atoms with Crippen LogP contribution in [0.5, 0.6) is 0 Å². The van der Waals surface area contributed by atoms with Gasteiger partial charge in [0.1, 0.15) is 0 Å². The first-order chi connectivity index (χ1) is 7.13. The van der Waals surface area contributed by atoms with E-state index in [0.717, 1.165) is 6.42 Å². The molecule has 0 saturated carbocycles. The van der Waals surface area contributed by atoms with Gasteiger partial charge in [-0.05, 0) is 23.8 Å². The molecule has 1 unspecified atom stereocenters. The highest BCUT2D eigenvalue weighted by molar-refractivity contribution is 5.56. The van der Waals surface area contributed by atoms with Crippen LogP contribution in [0.4, 0.5) is 0 Å². The van der Waals surface area contributed by atoms with Crippen LogP contribution in [0.2, 0.25) is 0 Å². The molecular formula is C14H18O. The first-order valence-corrected chi connectivity index (χ1v) is 5.47. The standard InChI is InChI=1S/C14H18O/c1-11(15-3)8-14(2)9-12-6-4-5-7-13(12)10-14/h4-7,9-11H,8H2,1-3H3. The molecule has 0 radical (unpaired) electrons. The zero-order valence-corrected chi connectivity index (χ0v) is 9.66. The minimum atomic E-state index is 0.152. The lowest BCUT2D eigenvalue weighted by Gasteiger charge is -2.23. The van der Waals surface area contributed by atoms with Crippen molar-refractivity contribution in [2.75, 3.05) is 7.11 Å². The van der Waals surface area contributed by atoms with Gasteiger partial charge >= 0.3 is 0 Å². The smallest absolute Gasteiger partial charge is 0.0554 e. The Morgan fingerprint density at radius 3 is 2.20 bits per heavy atom. The molecule has 1 nitrogen and oxygen atoms in total. The average molecular weight is 202 g/mol. The Morgan fingerprint density at radius 1 is 1.20 bits per heavy atom. The quantitative estimate of drug-likeness (QED) is 0.725. The fourth-order valence-electron chi connectivity index (χ4n) is 2.35. The van der Waals surface area contributed by atoms with E-state index >= 15 is 0 Å². The second-order valence-electron chi connectivity index (χ2n) is 4.67. The van der Waals surface area contributed by atoms with Gasteiger partial charge in [0.05, 0.1) is 6.10 Å². The first-order valence-electron chi connectivity index (χ1n) is 5.47. The molecule has 0 heterocycles. The van der Waals surface area contributed by atoms with E-state index in [-0.39, 0.29) is 5.41 Å². The number of benzene rings is 1. The van der Waals surface area contributed by atoms with Crippen LogP contribution in [-0.4, -0.2) is 13.2 Å². The van der Waals surface area contributed by atoms with Crippen LogP contribution in [0, 0.1) is 5.41 Å². The van der Waals surface area contributed by atoms with Crippen molar-refractivity contribution in [1.29, 1.82) is 0 Å². The second-order valence-corrected chi connectivity index (χ2v) is 4.67. The lowest BCUT2D eigenvalue weighted by atomic mass is 9.86. The molecule has 1 heteroatoms. The Bertz CT molecular complexity index is 423. The molecule has 0 aliphatic heterocycles. The Kier molecular flexibility index (Phi) is 2.66. The molecule has 0 bridgehead atoms. The molecule has 1 aliphatic rings.